The molecule has 0 fully saturated rings. The first-order valence-electron chi connectivity index (χ1n) is 16.3. The van der Waals surface area contributed by atoms with Crippen molar-refractivity contribution in [1.82, 2.24) is 15.0 Å². The average molecular weight is 701 g/mol. The van der Waals surface area contributed by atoms with Gasteiger partial charge in [-0.2, -0.15) is 0 Å². The summed E-state index contributed by atoms with van der Waals surface area (Å²) in [6, 6.07) is 52.3. The van der Waals surface area contributed by atoms with E-state index in [1.807, 2.05) is 122 Å². The van der Waals surface area contributed by atoms with Crippen LogP contribution >= 0.6 is 23.2 Å². The summed E-state index contributed by atoms with van der Waals surface area (Å²) >= 11 is 13.2. The first-order valence-corrected chi connectivity index (χ1v) is 17.1. The van der Waals surface area contributed by atoms with E-state index in [1.165, 1.54) is 0 Å². The molecule has 0 amide bonds. The van der Waals surface area contributed by atoms with Gasteiger partial charge in [-0.05, 0) is 83.2 Å². The normalized spacial score (nSPS) is 11.7. The lowest BCUT2D eigenvalue weighted by molar-refractivity contribution is 1.18. The minimum absolute atomic E-state index is 0.0697. The topological polar surface area (TPSA) is 63.4 Å². The summed E-state index contributed by atoms with van der Waals surface area (Å²) in [4.78, 5) is 23.5. The van der Waals surface area contributed by atoms with E-state index in [0.29, 0.717) is 17.1 Å². The molecule has 2 aromatic heterocycles. The van der Waals surface area contributed by atoms with E-state index in [2.05, 4.69) is 69.0 Å². The van der Waals surface area contributed by atoms with E-state index in [9.17, 15) is 0 Å². The summed E-state index contributed by atoms with van der Waals surface area (Å²) in [5.74, 6) is 0. The van der Waals surface area contributed by atoms with E-state index in [-0.39, 0.29) is 10.6 Å². The van der Waals surface area contributed by atoms with Gasteiger partial charge in [0.05, 0.1) is 28.5 Å². The molecule has 0 aliphatic rings. The Balaban J connectivity index is 1.39. The molecule has 51 heavy (non-hydrogen) atoms. The number of rotatable bonds is 8. The minimum atomic E-state index is 0.0697. The summed E-state index contributed by atoms with van der Waals surface area (Å²) < 4.78 is 0. The average Bonchev–Trinajstić information content (AvgIpc) is 3.18. The lowest BCUT2D eigenvalue weighted by Crippen LogP contribution is -1.98. The van der Waals surface area contributed by atoms with Gasteiger partial charge in [0.15, 0.2) is 0 Å². The van der Waals surface area contributed by atoms with Crippen LogP contribution in [0.2, 0.25) is 5.28 Å². The Bertz CT molecular complexity index is 2330. The number of nitrogens with zero attached hydrogens (tertiary/aromatic N) is 5. The molecular formula is C44H31Cl2N5. The standard InChI is InChI=1S/C44H31Cl2N5/c1-29(31-15-7-3-8-16-31)47-43(45)48-30(2)35-23-37(25-38(24-35)42-28-41(50-44(46)51-42)34-21-13-6-14-22-34)40-27-36(32-17-9-4-10-18-32)26-39(49-40)33-19-11-5-12-20-33/h3-28H,2H2,1H3. The zero-order valence-electron chi connectivity index (χ0n) is 27.7. The van der Waals surface area contributed by atoms with E-state index < -0.39 is 0 Å². The van der Waals surface area contributed by atoms with Crippen LogP contribution in [0, 0.1) is 0 Å². The Kier molecular flexibility index (Phi) is 10.0. The lowest BCUT2D eigenvalue weighted by Gasteiger charge is -2.14. The molecule has 7 heteroatoms. The van der Waals surface area contributed by atoms with Gasteiger partial charge in [-0.3, -0.25) is 0 Å². The fraction of sp³-hybridized carbons (Fsp3) is 0.0227. The number of halogens is 2. The van der Waals surface area contributed by atoms with E-state index in [1.54, 1.807) is 0 Å². The summed E-state index contributed by atoms with van der Waals surface area (Å²) in [5, 5.41) is 0.208. The quantitative estimate of drug-likeness (QED) is 0.0686. The number of aliphatic imine (C=N–C) groups is 2. The van der Waals surface area contributed by atoms with Crippen LogP contribution in [-0.4, -0.2) is 26.0 Å². The maximum atomic E-state index is 6.62. The molecule has 0 aliphatic carbocycles. The SMILES string of the molecule is C=C(N=C(Cl)N=C(C)c1ccccc1)c1cc(-c2cc(-c3ccccc3)cc(-c3ccccc3)n2)cc(-c2cc(-c3ccccc3)nc(Cl)n2)c1. The number of aromatic nitrogens is 3. The first kappa shape index (κ1) is 33.5. The van der Waals surface area contributed by atoms with Gasteiger partial charge in [-0.15, -0.1) is 0 Å². The molecule has 5 nitrogen and oxygen atoms in total. The molecule has 0 bridgehead atoms. The third kappa shape index (κ3) is 8.08. The molecule has 0 saturated heterocycles. The second-order valence-electron chi connectivity index (χ2n) is 11.8. The van der Waals surface area contributed by atoms with Crippen molar-refractivity contribution in [1.29, 1.82) is 0 Å². The van der Waals surface area contributed by atoms with Gasteiger partial charge < -0.3 is 0 Å². The molecule has 0 aliphatic heterocycles. The molecule has 7 aromatic rings. The predicted octanol–water partition coefficient (Wildman–Crippen LogP) is 11.9. The maximum absolute atomic E-state index is 6.62. The minimum Gasteiger partial charge on any atom is -0.248 e. The van der Waals surface area contributed by atoms with Gasteiger partial charge in [0.2, 0.25) is 10.6 Å². The molecule has 0 saturated carbocycles. The first-order chi connectivity index (χ1) is 24.9. The van der Waals surface area contributed by atoms with Crippen molar-refractivity contribution >= 4 is 39.9 Å². The number of hydrogen-bond donors (Lipinski definition) is 0. The van der Waals surface area contributed by atoms with Gasteiger partial charge in [-0.1, -0.05) is 128 Å². The van der Waals surface area contributed by atoms with E-state index >= 15 is 0 Å². The number of amidine groups is 1. The Labute approximate surface area is 307 Å². The van der Waals surface area contributed by atoms with Gasteiger partial charge in [0.25, 0.3) is 0 Å². The fourth-order valence-corrected chi connectivity index (χ4v) is 6.14. The Morgan fingerprint density at radius 2 is 0.922 bits per heavy atom. The second kappa shape index (κ2) is 15.3. The highest BCUT2D eigenvalue weighted by atomic mass is 35.5. The van der Waals surface area contributed by atoms with E-state index in [0.717, 1.165) is 61.6 Å². The molecule has 0 atom stereocenters. The highest BCUT2D eigenvalue weighted by Crippen LogP contribution is 2.35. The zero-order chi connectivity index (χ0) is 35.2. The summed E-state index contributed by atoms with van der Waals surface area (Å²) in [7, 11) is 0. The lowest BCUT2D eigenvalue weighted by atomic mass is 9.96. The van der Waals surface area contributed by atoms with Crippen LogP contribution in [0.4, 0.5) is 0 Å². The number of hydrogen-bond acceptors (Lipinski definition) is 4. The molecule has 0 unspecified atom stereocenters. The number of pyridine rings is 1. The molecule has 0 radical (unpaired) electrons. The Morgan fingerprint density at radius 3 is 1.47 bits per heavy atom. The zero-order valence-corrected chi connectivity index (χ0v) is 29.2. The van der Waals surface area contributed by atoms with Crippen molar-refractivity contribution in [2.24, 2.45) is 9.98 Å². The van der Waals surface area contributed by atoms with Gasteiger partial charge in [0.1, 0.15) is 0 Å². The second-order valence-corrected chi connectivity index (χ2v) is 12.5. The number of benzene rings is 5. The van der Waals surface area contributed by atoms with Crippen molar-refractivity contribution in [2.75, 3.05) is 0 Å². The van der Waals surface area contributed by atoms with Crippen LogP contribution in [0.5, 0.6) is 0 Å². The fourth-order valence-electron chi connectivity index (χ4n) is 5.73. The van der Waals surface area contributed by atoms with Crippen LogP contribution in [0.15, 0.2) is 174 Å². The summed E-state index contributed by atoms with van der Waals surface area (Å²) in [6.07, 6.45) is 0. The van der Waals surface area contributed by atoms with Gasteiger partial charge >= 0.3 is 0 Å². The third-order valence-corrected chi connectivity index (χ3v) is 8.65. The van der Waals surface area contributed by atoms with E-state index in [4.69, 9.17) is 28.2 Å². The summed E-state index contributed by atoms with van der Waals surface area (Å²) in [6.45, 7) is 6.20. The van der Waals surface area contributed by atoms with Crippen molar-refractivity contribution in [2.45, 2.75) is 6.92 Å². The van der Waals surface area contributed by atoms with Crippen molar-refractivity contribution in [3.05, 3.63) is 181 Å². The molecule has 0 N–H and O–H groups in total. The smallest absolute Gasteiger partial charge is 0.223 e. The Hall–Kier alpha value is -6.01. The van der Waals surface area contributed by atoms with Crippen LogP contribution in [0.1, 0.15) is 18.1 Å². The van der Waals surface area contributed by atoms with Crippen LogP contribution in [0.3, 0.4) is 0 Å². The third-order valence-electron chi connectivity index (χ3n) is 8.31. The molecule has 7 rings (SSSR count). The van der Waals surface area contributed by atoms with Crippen LogP contribution in [0.25, 0.3) is 61.9 Å². The predicted molar refractivity (Wildman–Crippen MR) is 213 cm³/mol. The van der Waals surface area contributed by atoms with Gasteiger partial charge in [0, 0.05) is 33.5 Å². The molecule has 0 spiro atoms. The molecule has 5 aromatic carbocycles. The molecular weight excluding hydrogens is 669 g/mol. The highest BCUT2D eigenvalue weighted by molar-refractivity contribution is 6.66. The van der Waals surface area contributed by atoms with Crippen molar-refractivity contribution < 1.29 is 0 Å². The largest absolute Gasteiger partial charge is 0.248 e. The molecule has 246 valence electrons. The highest BCUT2D eigenvalue weighted by Gasteiger charge is 2.15. The van der Waals surface area contributed by atoms with Crippen LogP contribution < -0.4 is 0 Å². The van der Waals surface area contributed by atoms with Gasteiger partial charge in [-0.25, -0.2) is 24.9 Å². The summed E-state index contributed by atoms with van der Waals surface area (Å²) in [5.41, 5.74) is 11.5. The Morgan fingerprint density at radius 1 is 0.471 bits per heavy atom. The maximum Gasteiger partial charge on any atom is 0.223 e. The monoisotopic (exact) mass is 699 g/mol. The van der Waals surface area contributed by atoms with Crippen LogP contribution in [-0.2, 0) is 0 Å². The van der Waals surface area contributed by atoms with Crippen molar-refractivity contribution in [3.63, 3.8) is 0 Å². The van der Waals surface area contributed by atoms with Crippen molar-refractivity contribution in [3.8, 4) is 56.2 Å². The molecule has 2 heterocycles.